The average Bonchev–Trinajstić information content (AvgIpc) is 3.35. The molecule has 1 amide bonds. The summed E-state index contributed by atoms with van der Waals surface area (Å²) >= 11 is 0. The maximum absolute atomic E-state index is 13.1. The van der Waals surface area contributed by atoms with Crippen molar-refractivity contribution in [2.75, 3.05) is 32.9 Å². The van der Waals surface area contributed by atoms with Crippen LogP contribution in [0.5, 0.6) is 0 Å². The van der Waals surface area contributed by atoms with Crippen molar-refractivity contribution in [3.05, 3.63) is 35.8 Å². The fourth-order valence-corrected chi connectivity index (χ4v) is 4.52. The van der Waals surface area contributed by atoms with E-state index in [1.54, 1.807) is 13.3 Å². The number of nitrogens with two attached hydrogens (primary N) is 1. The van der Waals surface area contributed by atoms with Gasteiger partial charge >= 0.3 is 0 Å². The minimum Gasteiger partial charge on any atom is -0.398 e. The van der Waals surface area contributed by atoms with Gasteiger partial charge in [0.25, 0.3) is 0 Å². The topological polar surface area (TPSA) is 116 Å². The number of nitrogen functional groups attached to an aromatic ring is 1. The summed E-state index contributed by atoms with van der Waals surface area (Å²) in [5.74, 6) is 1.21. The molecule has 35 heavy (non-hydrogen) atoms. The summed E-state index contributed by atoms with van der Waals surface area (Å²) in [6, 6.07) is 5.61. The van der Waals surface area contributed by atoms with Gasteiger partial charge in [-0.2, -0.15) is 0 Å². The van der Waals surface area contributed by atoms with Gasteiger partial charge in [-0.25, -0.2) is 4.98 Å². The van der Waals surface area contributed by atoms with Crippen LogP contribution in [0.2, 0.25) is 0 Å². The number of anilines is 1. The maximum atomic E-state index is 13.1. The van der Waals surface area contributed by atoms with E-state index in [1.165, 1.54) is 0 Å². The van der Waals surface area contributed by atoms with Crippen LogP contribution in [0.1, 0.15) is 75.7 Å². The molecule has 4 N–H and O–H groups in total. The first-order chi connectivity index (χ1) is 16.9. The van der Waals surface area contributed by atoms with Gasteiger partial charge in [-0.1, -0.05) is 25.8 Å². The molecule has 2 heterocycles. The number of Topliss-reactive ketones (excluding diaryl/α,β-unsaturated/α-hetero) is 1. The number of aromatic nitrogens is 2. The van der Waals surface area contributed by atoms with Crippen molar-refractivity contribution < 1.29 is 9.59 Å². The van der Waals surface area contributed by atoms with Gasteiger partial charge in [0.15, 0.2) is 0 Å². The molecule has 0 aliphatic carbocycles. The Bertz CT molecular complexity index is 1010. The molecule has 1 aromatic carbocycles. The Hall–Kier alpha value is -3.00. The third kappa shape index (κ3) is 7.75. The summed E-state index contributed by atoms with van der Waals surface area (Å²) in [5.41, 5.74) is 9.42. The van der Waals surface area contributed by atoms with E-state index in [0.717, 1.165) is 74.3 Å². The third-order valence-electron chi connectivity index (χ3n) is 6.84. The molecule has 190 valence electrons. The van der Waals surface area contributed by atoms with E-state index in [2.05, 4.69) is 32.2 Å². The smallest absolute Gasteiger partial charge is 0.223 e. The SMILES string of the molecule is CCC(=O)CCCCC[C@H](NC(=O)C1CCN(C)CC1)c1ncc(-c2ccc(N)c(C=NC)c2)[nH]1. The Morgan fingerprint density at radius 1 is 1.29 bits per heavy atom. The quantitative estimate of drug-likeness (QED) is 0.240. The predicted molar refractivity (Wildman–Crippen MR) is 141 cm³/mol. The normalized spacial score (nSPS) is 16.0. The lowest BCUT2D eigenvalue weighted by atomic mass is 9.95. The number of hydrogen-bond acceptors (Lipinski definition) is 6. The number of benzene rings is 1. The molecule has 1 aliphatic heterocycles. The van der Waals surface area contributed by atoms with Crippen LogP contribution in [0.15, 0.2) is 29.4 Å². The third-order valence-corrected chi connectivity index (χ3v) is 6.84. The summed E-state index contributed by atoms with van der Waals surface area (Å²) in [4.78, 5) is 39.1. The van der Waals surface area contributed by atoms with Crippen molar-refractivity contribution in [3.8, 4) is 11.3 Å². The lowest BCUT2D eigenvalue weighted by Crippen LogP contribution is -2.40. The highest BCUT2D eigenvalue weighted by Crippen LogP contribution is 2.26. The summed E-state index contributed by atoms with van der Waals surface area (Å²) in [6.07, 6.45) is 10.1. The summed E-state index contributed by atoms with van der Waals surface area (Å²) in [5, 5.41) is 3.27. The first kappa shape index (κ1) is 26.6. The number of likely N-dealkylation sites (tertiary alicyclic amines) is 1. The average molecular weight is 481 g/mol. The molecular formula is C27H40N6O2. The van der Waals surface area contributed by atoms with Crippen molar-refractivity contribution in [3.63, 3.8) is 0 Å². The number of imidazole rings is 1. The van der Waals surface area contributed by atoms with E-state index in [-0.39, 0.29) is 17.9 Å². The van der Waals surface area contributed by atoms with Crippen molar-refractivity contribution >= 4 is 23.6 Å². The molecule has 8 nitrogen and oxygen atoms in total. The molecule has 0 radical (unpaired) electrons. The van der Waals surface area contributed by atoms with Gasteiger partial charge in [-0.05, 0) is 58.0 Å². The largest absolute Gasteiger partial charge is 0.398 e. The lowest BCUT2D eigenvalue weighted by Gasteiger charge is -2.29. The second-order valence-corrected chi connectivity index (χ2v) is 9.54. The molecule has 1 atom stereocenters. The Labute approximate surface area is 208 Å². The second-order valence-electron chi connectivity index (χ2n) is 9.54. The molecule has 8 heteroatoms. The highest BCUT2D eigenvalue weighted by Gasteiger charge is 2.26. The Morgan fingerprint density at radius 3 is 2.77 bits per heavy atom. The van der Waals surface area contributed by atoms with E-state index in [1.807, 2.05) is 31.3 Å². The van der Waals surface area contributed by atoms with Crippen LogP contribution in [0.3, 0.4) is 0 Å². The van der Waals surface area contributed by atoms with E-state index in [9.17, 15) is 9.59 Å². The zero-order chi connectivity index (χ0) is 25.2. The van der Waals surface area contributed by atoms with Gasteiger partial charge < -0.3 is 20.9 Å². The van der Waals surface area contributed by atoms with Crippen molar-refractivity contribution in [1.82, 2.24) is 20.2 Å². The lowest BCUT2D eigenvalue weighted by molar-refractivity contribution is -0.127. The highest BCUT2D eigenvalue weighted by molar-refractivity contribution is 5.89. The van der Waals surface area contributed by atoms with Gasteiger partial charge in [0.1, 0.15) is 11.6 Å². The first-order valence-electron chi connectivity index (χ1n) is 12.8. The molecule has 1 saturated heterocycles. The molecule has 2 aromatic rings. The standard InChI is InChI=1S/C27H40N6O2/c1-4-22(34)8-6-5-7-9-24(32-27(35)19-12-14-33(3)15-13-19)26-30-18-25(31-26)20-10-11-23(28)21(16-20)17-29-2/h10-11,16-19,24H,4-9,12-15,28H2,1-3H3,(H,30,31)(H,32,35)/t24-/m0/s1. The molecule has 0 bridgehead atoms. The fraction of sp³-hybridized carbons (Fsp3) is 0.556. The molecule has 3 rings (SSSR count). The van der Waals surface area contributed by atoms with E-state index >= 15 is 0 Å². The molecule has 0 spiro atoms. The van der Waals surface area contributed by atoms with Crippen LogP contribution >= 0.6 is 0 Å². The minimum atomic E-state index is -0.191. The number of nitrogens with one attached hydrogen (secondary N) is 2. The number of nitrogens with zero attached hydrogens (tertiary/aromatic N) is 3. The summed E-state index contributed by atoms with van der Waals surface area (Å²) in [6.45, 7) is 3.80. The van der Waals surface area contributed by atoms with Crippen LogP contribution < -0.4 is 11.1 Å². The summed E-state index contributed by atoms with van der Waals surface area (Å²) in [7, 11) is 3.82. The Morgan fingerprint density at radius 2 is 2.06 bits per heavy atom. The number of piperidine rings is 1. The van der Waals surface area contributed by atoms with Crippen molar-refractivity contribution in [1.29, 1.82) is 0 Å². The van der Waals surface area contributed by atoms with Crippen LogP contribution in [-0.2, 0) is 9.59 Å². The Kier molecular flexibility index (Phi) is 10.0. The molecule has 0 unspecified atom stereocenters. The van der Waals surface area contributed by atoms with Crippen LogP contribution in [0.25, 0.3) is 11.3 Å². The van der Waals surface area contributed by atoms with Crippen LogP contribution in [-0.4, -0.2) is 60.0 Å². The fourth-order valence-electron chi connectivity index (χ4n) is 4.52. The maximum Gasteiger partial charge on any atom is 0.223 e. The van der Waals surface area contributed by atoms with Crippen LogP contribution in [0, 0.1) is 5.92 Å². The zero-order valence-corrected chi connectivity index (χ0v) is 21.3. The van der Waals surface area contributed by atoms with Crippen molar-refractivity contribution in [2.45, 2.75) is 64.3 Å². The number of unbranched alkanes of at least 4 members (excludes halogenated alkanes) is 2. The number of H-pyrrole nitrogens is 1. The highest BCUT2D eigenvalue weighted by atomic mass is 16.2. The number of amides is 1. The molecule has 1 fully saturated rings. The minimum absolute atomic E-state index is 0.0401. The number of rotatable bonds is 12. The van der Waals surface area contributed by atoms with Gasteiger partial charge in [-0.15, -0.1) is 0 Å². The van der Waals surface area contributed by atoms with Crippen molar-refractivity contribution in [2.24, 2.45) is 10.9 Å². The van der Waals surface area contributed by atoms with E-state index < -0.39 is 0 Å². The first-order valence-corrected chi connectivity index (χ1v) is 12.8. The second kappa shape index (κ2) is 13.2. The van der Waals surface area contributed by atoms with Gasteiger partial charge in [-0.3, -0.25) is 14.6 Å². The van der Waals surface area contributed by atoms with Gasteiger partial charge in [0, 0.05) is 48.8 Å². The van der Waals surface area contributed by atoms with E-state index in [0.29, 0.717) is 24.3 Å². The molecule has 1 aromatic heterocycles. The molecule has 1 aliphatic rings. The van der Waals surface area contributed by atoms with Gasteiger partial charge in [0.2, 0.25) is 5.91 Å². The zero-order valence-electron chi connectivity index (χ0n) is 21.3. The Balaban J connectivity index is 1.71. The number of aromatic amines is 1. The monoisotopic (exact) mass is 480 g/mol. The number of aliphatic imine (C=N–C) groups is 1. The summed E-state index contributed by atoms with van der Waals surface area (Å²) < 4.78 is 0. The van der Waals surface area contributed by atoms with Gasteiger partial charge in [0.05, 0.1) is 17.9 Å². The van der Waals surface area contributed by atoms with E-state index in [4.69, 9.17) is 5.73 Å². The predicted octanol–water partition coefficient (Wildman–Crippen LogP) is 4.14. The number of ketones is 1. The number of hydrogen-bond donors (Lipinski definition) is 3. The number of carbonyl (C=O) groups is 2. The van der Waals surface area contributed by atoms with Crippen LogP contribution in [0.4, 0.5) is 5.69 Å². The number of carbonyl (C=O) groups excluding carboxylic acids is 2. The molecular weight excluding hydrogens is 440 g/mol. The molecule has 0 saturated carbocycles.